The zero-order chi connectivity index (χ0) is 12.0. The lowest BCUT2D eigenvalue weighted by Crippen LogP contribution is -2.46. The Balaban J connectivity index is 4.28. The number of carboxylic acid groups (broad SMARTS) is 1. The van der Waals surface area contributed by atoms with Gasteiger partial charge < -0.3 is 16.2 Å². The van der Waals surface area contributed by atoms with Crippen LogP contribution >= 0.6 is 0 Å². The quantitative estimate of drug-likeness (QED) is 0.597. The van der Waals surface area contributed by atoms with Gasteiger partial charge in [-0.1, -0.05) is 20.3 Å². The molecule has 0 fully saturated rings. The Morgan fingerprint density at radius 1 is 1.40 bits per heavy atom. The Labute approximate surface area is 90.0 Å². The normalized spacial score (nSPS) is 16.5. The highest BCUT2D eigenvalue weighted by atomic mass is 16.4. The maximum Gasteiger partial charge on any atom is 0.326 e. The largest absolute Gasteiger partial charge is 0.480 e. The number of rotatable bonds is 6. The number of hydrogen-bond donors (Lipinski definition) is 3. The first kappa shape index (κ1) is 13.9. The van der Waals surface area contributed by atoms with E-state index in [4.69, 9.17) is 10.8 Å². The Hall–Kier alpha value is -1.10. The van der Waals surface area contributed by atoms with Crippen LogP contribution in [0.1, 0.15) is 33.6 Å². The number of amides is 1. The van der Waals surface area contributed by atoms with Crippen molar-refractivity contribution in [3.05, 3.63) is 0 Å². The van der Waals surface area contributed by atoms with E-state index >= 15 is 0 Å². The van der Waals surface area contributed by atoms with Gasteiger partial charge in [-0.3, -0.25) is 4.79 Å². The number of nitrogens with one attached hydrogen (secondary N) is 1. The van der Waals surface area contributed by atoms with Crippen molar-refractivity contribution in [3.63, 3.8) is 0 Å². The first-order valence-electron chi connectivity index (χ1n) is 5.18. The average Bonchev–Trinajstić information content (AvgIpc) is 2.15. The molecule has 0 aromatic rings. The van der Waals surface area contributed by atoms with Crippen LogP contribution in [0.25, 0.3) is 0 Å². The zero-order valence-corrected chi connectivity index (χ0v) is 9.49. The summed E-state index contributed by atoms with van der Waals surface area (Å²) in [5, 5.41) is 11.3. The second kappa shape index (κ2) is 6.40. The third-order valence-electron chi connectivity index (χ3n) is 2.39. The second-order valence-corrected chi connectivity index (χ2v) is 3.84. The molecule has 0 aromatic carbocycles. The molecule has 0 heterocycles. The van der Waals surface area contributed by atoms with Gasteiger partial charge in [-0.05, 0) is 13.3 Å². The van der Waals surface area contributed by atoms with Crippen molar-refractivity contribution < 1.29 is 14.7 Å². The van der Waals surface area contributed by atoms with Crippen LogP contribution in [-0.2, 0) is 9.59 Å². The highest BCUT2D eigenvalue weighted by molar-refractivity contribution is 5.85. The van der Waals surface area contributed by atoms with E-state index < -0.39 is 12.0 Å². The molecule has 0 aliphatic carbocycles. The maximum atomic E-state index is 11.5. The molecule has 1 amide bonds. The fourth-order valence-corrected chi connectivity index (χ4v) is 1.09. The van der Waals surface area contributed by atoms with Crippen molar-refractivity contribution in [2.24, 2.45) is 11.7 Å². The smallest absolute Gasteiger partial charge is 0.326 e. The third-order valence-corrected chi connectivity index (χ3v) is 2.39. The van der Waals surface area contributed by atoms with E-state index in [9.17, 15) is 9.59 Å². The predicted octanol–water partition coefficient (Wildman–Crippen LogP) is 0.339. The van der Waals surface area contributed by atoms with E-state index in [1.807, 2.05) is 6.92 Å². The Bertz CT molecular complexity index is 229. The summed E-state index contributed by atoms with van der Waals surface area (Å²) in [6.07, 6.45) is 1.15. The van der Waals surface area contributed by atoms with Crippen LogP contribution in [0.15, 0.2) is 0 Å². The van der Waals surface area contributed by atoms with Crippen molar-refractivity contribution in [1.29, 1.82) is 0 Å². The van der Waals surface area contributed by atoms with Gasteiger partial charge in [0.15, 0.2) is 0 Å². The van der Waals surface area contributed by atoms with Crippen molar-refractivity contribution in [3.8, 4) is 0 Å². The van der Waals surface area contributed by atoms with Gasteiger partial charge in [0.1, 0.15) is 6.04 Å². The van der Waals surface area contributed by atoms with E-state index in [1.54, 1.807) is 13.8 Å². The van der Waals surface area contributed by atoms with Gasteiger partial charge in [-0.15, -0.1) is 0 Å². The lowest BCUT2D eigenvalue weighted by Gasteiger charge is -2.19. The summed E-state index contributed by atoms with van der Waals surface area (Å²) in [6, 6.07) is -1.08. The molecular formula is C10H20N2O3. The zero-order valence-electron chi connectivity index (χ0n) is 9.49. The SMILES string of the molecule is CCCC(NC(=O)C(C)C(C)N)C(=O)O. The van der Waals surface area contributed by atoms with Crippen molar-refractivity contribution >= 4 is 11.9 Å². The van der Waals surface area contributed by atoms with Gasteiger partial charge in [0.05, 0.1) is 0 Å². The molecule has 3 atom stereocenters. The third kappa shape index (κ3) is 4.78. The Morgan fingerprint density at radius 2 is 1.93 bits per heavy atom. The highest BCUT2D eigenvalue weighted by Crippen LogP contribution is 2.03. The molecule has 0 aromatic heterocycles. The van der Waals surface area contributed by atoms with E-state index in [0.29, 0.717) is 12.8 Å². The summed E-state index contributed by atoms with van der Waals surface area (Å²) < 4.78 is 0. The van der Waals surface area contributed by atoms with Crippen LogP contribution in [0, 0.1) is 5.92 Å². The molecule has 5 nitrogen and oxygen atoms in total. The van der Waals surface area contributed by atoms with Crippen LogP contribution in [0.3, 0.4) is 0 Å². The molecule has 4 N–H and O–H groups in total. The van der Waals surface area contributed by atoms with E-state index in [2.05, 4.69) is 5.32 Å². The van der Waals surface area contributed by atoms with Crippen molar-refractivity contribution in [2.45, 2.75) is 45.7 Å². The highest BCUT2D eigenvalue weighted by Gasteiger charge is 2.23. The minimum Gasteiger partial charge on any atom is -0.480 e. The number of nitrogens with two attached hydrogens (primary N) is 1. The number of carbonyl (C=O) groups excluding carboxylic acids is 1. The van der Waals surface area contributed by atoms with Gasteiger partial charge in [0.25, 0.3) is 0 Å². The van der Waals surface area contributed by atoms with Crippen LogP contribution in [-0.4, -0.2) is 29.1 Å². The van der Waals surface area contributed by atoms with Crippen LogP contribution in [0.5, 0.6) is 0 Å². The molecule has 0 radical (unpaired) electrons. The monoisotopic (exact) mass is 216 g/mol. The number of hydrogen-bond acceptors (Lipinski definition) is 3. The molecule has 88 valence electrons. The first-order valence-corrected chi connectivity index (χ1v) is 5.18. The molecule has 5 heteroatoms. The molecule has 0 rings (SSSR count). The topological polar surface area (TPSA) is 92.4 Å². The minimum atomic E-state index is -0.998. The molecule has 0 bridgehead atoms. The fraction of sp³-hybridized carbons (Fsp3) is 0.800. The molecule has 0 aliphatic heterocycles. The number of aliphatic carboxylic acids is 1. The maximum absolute atomic E-state index is 11.5. The molecule has 15 heavy (non-hydrogen) atoms. The van der Waals surface area contributed by atoms with Crippen LogP contribution < -0.4 is 11.1 Å². The molecular weight excluding hydrogens is 196 g/mol. The van der Waals surface area contributed by atoms with Gasteiger partial charge in [0.2, 0.25) is 5.91 Å². The molecule has 0 saturated carbocycles. The first-order chi connectivity index (χ1) is 6.90. The number of carbonyl (C=O) groups is 2. The van der Waals surface area contributed by atoms with Gasteiger partial charge in [0, 0.05) is 12.0 Å². The standard InChI is InChI=1S/C10H20N2O3/c1-4-5-8(10(14)15)12-9(13)6(2)7(3)11/h6-8H,4-5,11H2,1-3H3,(H,12,13)(H,14,15). The van der Waals surface area contributed by atoms with Crippen LogP contribution in [0.2, 0.25) is 0 Å². The summed E-state index contributed by atoms with van der Waals surface area (Å²) in [6.45, 7) is 5.28. The summed E-state index contributed by atoms with van der Waals surface area (Å²) >= 11 is 0. The molecule has 0 spiro atoms. The molecule has 3 unspecified atom stereocenters. The lowest BCUT2D eigenvalue weighted by atomic mass is 10.0. The predicted molar refractivity (Wildman–Crippen MR) is 57.3 cm³/mol. The summed E-state index contributed by atoms with van der Waals surface area (Å²) in [5.41, 5.74) is 5.55. The Kier molecular flexibility index (Phi) is 5.93. The van der Waals surface area contributed by atoms with Gasteiger partial charge >= 0.3 is 5.97 Å². The Morgan fingerprint density at radius 3 is 2.27 bits per heavy atom. The second-order valence-electron chi connectivity index (χ2n) is 3.84. The number of carboxylic acids is 1. The van der Waals surface area contributed by atoms with Crippen molar-refractivity contribution in [1.82, 2.24) is 5.32 Å². The summed E-state index contributed by atoms with van der Waals surface area (Å²) in [7, 11) is 0. The molecule has 0 aliphatic rings. The van der Waals surface area contributed by atoms with E-state index in [0.717, 1.165) is 0 Å². The lowest BCUT2D eigenvalue weighted by molar-refractivity contribution is -0.142. The molecule has 0 saturated heterocycles. The minimum absolute atomic E-state index is 0.277. The summed E-state index contributed by atoms with van der Waals surface area (Å²) in [5.74, 6) is -1.67. The van der Waals surface area contributed by atoms with Gasteiger partial charge in [-0.25, -0.2) is 4.79 Å². The van der Waals surface area contributed by atoms with Gasteiger partial charge in [-0.2, -0.15) is 0 Å². The summed E-state index contributed by atoms with van der Waals surface area (Å²) in [4.78, 5) is 22.3. The average molecular weight is 216 g/mol. The van der Waals surface area contributed by atoms with E-state index in [-0.39, 0.29) is 17.9 Å². The van der Waals surface area contributed by atoms with E-state index in [1.165, 1.54) is 0 Å². The van der Waals surface area contributed by atoms with Crippen molar-refractivity contribution in [2.75, 3.05) is 0 Å². The van der Waals surface area contributed by atoms with Crippen LogP contribution in [0.4, 0.5) is 0 Å². The fourth-order valence-electron chi connectivity index (χ4n) is 1.09.